The molecule has 0 bridgehead atoms. The van der Waals surface area contributed by atoms with Gasteiger partial charge in [-0.05, 0) is 78.6 Å². The molecule has 1 aliphatic heterocycles. The third-order valence-electron chi connectivity index (χ3n) is 5.50. The molecule has 0 unspecified atom stereocenters. The SMILES string of the molecule is C[Si](C)(C)Nc1nc(O[Si](C)(C)C)c2ncn([C@@H]3O[C@H](CO[Si](C)(C)C)[C@@H](O[Si](C)(C)C)[C@H]3O[Si](C)(C)C)c2n1. The van der Waals surface area contributed by atoms with Gasteiger partial charge in [0.2, 0.25) is 20.1 Å². The van der Waals surface area contributed by atoms with E-state index in [1.165, 1.54) is 0 Å². The lowest BCUT2D eigenvalue weighted by Crippen LogP contribution is -2.48. The Balaban J connectivity index is 2.17. The zero-order valence-corrected chi connectivity index (χ0v) is 32.4. The van der Waals surface area contributed by atoms with E-state index in [-0.39, 0.29) is 18.3 Å². The van der Waals surface area contributed by atoms with E-state index in [0.717, 1.165) is 0 Å². The van der Waals surface area contributed by atoms with Crippen LogP contribution in [0.1, 0.15) is 6.23 Å². The fraction of sp³-hybridized carbons (Fsp3) is 0.800. The molecule has 1 saturated heterocycles. The molecule has 4 atom stereocenters. The highest BCUT2D eigenvalue weighted by molar-refractivity contribution is 6.79. The third-order valence-corrected chi connectivity index (χ3v) is 10.3. The zero-order chi connectivity index (χ0) is 30.5. The van der Waals surface area contributed by atoms with E-state index in [2.05, 4.69) is 103 Å². The van der Waals surface area contributed by atoms with Gasteiger partial charge in [0, 0.05) is 0 Å². The van der Waals surface area contributed by atoms with Gasteiger partial charge < -0.3 is 27.4 Å². The van der Waals surface area contributed by atoms with Crippen molar-refractivity contribution in [1.29, 1.82) is 0 Å². The topological polar surface area (TPSA) is 102 Å². The van der Waals surface area contributed by atoms with Gasteiger partial charge in [-0.2, -0.15) is 9.97 Å². The van der Waals surface area contributed by atoms with Crippen LogP contribution in [0.5, 0.6) is 5.88 Å². The molecule has 2 aromatic heterocycles. The van der Waals surface area contributed by atoms with Crippen LogP contribution in [-0.2, 0) is 18.0 Å². The summed E-state index contributed by atoms with van der Waals surface area (Å²) in [6, 6.07) is 0. The van der Waals surface area contributed by atoms with Gasteiger partial charge >= 0.3 is 0 Å². The molecule has 1 aliphatic rings. The molecule has 10 nitrogen and oxygen atoms in total. The van der Waals surface area contributed by atoms with E-state index >= 15 is 0 Å². The third kappa shape index (κ3) is 9.83. The highest BCUT2D eigenvalue weighted by Crippen LogP contribution is 2.39. The summed E-state index contributed by atoms with van der Waals surface area (Å²) < 4.78 is 35.3. The maximum Gasteiger partial charge on any atom is 0.244 e. The van der Waals surface area contributed by atoms with Gasteiger partial charge in [-0.25, -0.2) is 4.98 Å². The Morgan fingerprint density at radius 3 is 1.85 bits per heavy atom. The molecule has 3 rings (SSSR count). The summed E-state index contributed by atoms with van der Waals surface area (Å²) >= 11 is 0. The van der Waals surface area contributed by atoms with E-state index in [0.29, 0.717) is 29.6 Å². The van der Waals surface area contributed by atoms with Gasteiger partial charge in [-0.3, -0.25) is 4.57 Å². The standard InChI is InChI=1S/C25H53N5O5Si5/c1-36(2,3)29-25-27-22-19(23(28-25)35-40(13,14)15)26-17-30(22)24-21(34-39(10,11)12)20(33-38(7,8)9)18(32-24)16-31-37(4,5)6/h17-18,20-21,24H,16H2,1-15H3,(H,27,28,29)/t18-,20-,21-,24-/m1/s1. The molecule has 3 heterocycles. The van der Waals surface area contributed by atoms with Crippen molar-refractivity contribution in [1.82, 2.24) is 19.5 Å². The summed E-state index contributed by atoms with van der Waals surface area (Å²) in [7, 11) is -9.47. The number of imidazole rings is 1. The maximum absolute atomic E-state index is 6.87. The van der Waals surface area contributed by atoms with Crippen molar-refractivity contribution in [2.45, 2.75) is 123 Å². The van der Waals surface area contributed by atoms with Crippen LogP contribution in [0.15, 0.2) is 6.33 Å². The fourth-order valence-corrected chi connectivity index (χ4v) is 8.65. The minimum absolute atomic E-state index is 0.267. The van der Waals surface area contributed by atoms with Crippen molar-refractivity contribution in [3.05, 3.63) is 6.33 Å². The molecule has 0 radical (unpaired) electrons. The Hall–Kier alpha value is -0.926. The van der Waals surface area contributed by atoms with E-state index in [1.54, 1.807) is 6.33 Å². The van der Waals surface area contributed by atoms with Gasteiger partial charge in [0.1, 0.15) is 26.5 Å². The highest BCUT2D eigenvalue weighted by atomic mass is 28.4. The summed E-state index contributed by atoms with van der Waals surface area (Å²) in [5, 5.41) is 0. The summed E-state index contributed by atoms with van der Waals surface area (Å²) in [5.41, 5.74) is 1.29. The molecule has 0 saturated carbocycles. The van der Waals surface area contributed by atoms with Crippen LogP contribution in [0.2, 0.25) is 98.2 Å². The van der Waals surface area contributed by atoms with Crippen molar-refractivity contribution >= 4 is 58.6 Å². The molecular weight excluding hydrogens is 591 g/mol. The van der Waals surface area contributed by atoms with Crippen LogP contribution in [0.4, 0.5) is 5.95 Å². The molecule has 40 heavy (non-hydrogen) atoms. The minimum atomic E-state index is -2.00. The van der Waals surface area contributed by atoms with E-state index < -0.39 is 47.7 Å². The Morgan fingerprint density at radius 1 is 0.775 bits per heavy atom. The molecule has 15 heteroatoms. The number of hydrogen-bond donors (Lipinski definition) is 1. The minimum Gasteiger partial charge on any atom is -0.530 e. The molecule has 2 aromatic rings. The summed E-state index contributed by atoms with van der Waals surface area (Å²) in [5.74, 6) is 1.06. The monoisotopic (exact) mass is 643 g/mol. The Kier molecular flexibility index (Phi) is 9.76. The second-order valence-corrected chi connectivity index (χ2v) is 38.3. The number of aromatic nitrogens is 4. The van der Waals surface area contributed by atoms with Crippen molar-refractivity contribution in [2.24, 2.45) is 0 Å². The highest BCUT2D eigenvalue weighted by Gasteiger charge is 2.50. The normalized spacial score (nSPS) is 23.2. The zero-order valence-electron chi connectivity index (χ0n) is 27.4. The lowest BCUT2D eigenvalue weighted by Gasteiger charge is -2.34. The predicted octanol–water partition coefficient (Wildman–Crippen LogP) is 6.48. The molecule has 1 N–H and O–H groups in total. The van der Waals surface area contributed by atoms with Gasteiger partial charge in [0.15, 0.2) is 42.3 Å². The van der Waals surface area contributed by atoms with Crippen LogP contribution >= 0.6 is 0 Å². The molecule has 0 aliphatic carbocycles. The quantitative estimate of drug-likeness (QED) is 0.261. The van der Waals surface area contributed by atoms with Crippen molar-refractivity contribution in [3.63, 3.8) is 0 Å². The largest absolute Gasteiger partial charge is 0.530 e. The van der Waals surface area contributed by atoms with Crippen molar-refractivity contribution in [3.8, 4) is 5.88 Å². The molecule has 0 aromatic carbocycles. The second kappa shape index (κ2) is 11.6. The average Bonchev–Trinajstić information content (AvgIpc) is 3.23. The molecule has 228 valence electrons. The molecule has 0 spiro atoms. The summed E-state index contributed by atoms with van der Waals surface area (Å²) in [6.07, 6.45) is 0.420. The summed E-state index contributed by atoms with van der Waals surface area (Å²) in [4.78, 5) is 18.1. The van der Waals surface area contributed by atoms with E-state index in [9.17, 15) is 0 Å². The summed E-state index contributed by atoms with van der Waals surface area (Å²) in [6.45, 7) is 33.3. The predicted molar refractivity (Wildman–Crippen MR) is 176 cm³/mol. The smallest absolute Gasteiger partial charge is 0.244 e. The van der Waals surface area contributed by atoms with Crippen molar-refractivity contribution in [2.75, 3.05) is 11.6 Å². The lowest BCUT2D eigenvalue weighted by molar-refractivity contribution is -0.0456. The van der Waals surface area contributed by atoms with E-state index in [4.69, 9.17) is 37.4 Å². The maximum atomic E-state index is 6.87. The Morgan fingerprint density at radius 2 is 1.35 bits per heavy atom. The first kappa shape index (κ1) is 33.6. The number of hydrogen-bond acceptors (Lipinski definition) is 9. The first-order valence-electron chi connectivity index (χ1n) is 14.3. The number of anilines is 1. The average molecular weight is 644 g/mol. The fourth-order valence-electron chi connectivity index (χ4n) is 4.31. The number of fused-ring (bicyclic) bond motifs is 1. The van der Waals surface area contributed by atoms with Gasteiger partial charge in [0.25, 0.3) is 0 Å². The first-order chi connectivity index (χ1) is 17.9. The van der Waals surface area contributed by atoms with Crippen molar-refractivity contribution < 1.29 is 22.4 Å². The second-order valence-electron chi connectivity index (χ2n) is 15.6. The van der Waals surface area contributed by atoms with Crippen LogP contribution in [-0.4, -0.2) is 85.9 Å². The first-order valence-corrected chi connectivity index (χ1v) is 31.4. The van der Waals surface area contributed by atoms with Gasteiger partial charge in [-0.15, -0.1) is 0 Å². The van der Waals surface area contributed by atoms with E-state index in [1.807, 2.05) is 4.57 Å². The molecule has 0 amide bonds. The lowest BCUT2D eigenvalue weighted by atomic mass is 10.1. The van der Waals surface area contributed by atoms with Crippen LogP contribution in [0.25, 0.3) is 11.2 Å². The van der Waals surface area contributed by atoms with Crippen LogP contribution in [0.3, 0.4) is 0 Å². The van der Waals surface area contributed by atoms with Gasteiger partial charge in [-0.1, -0.05) is 19.6 Å². The number of nitrogens with zero attached hydrogens (tertiary/aromatic N) is 4. The van der Waals surface area contributed by atoms with Crippen LogP contribution in [0, 0.1) is 0 Å². The van der Waals surface area contributed by atoms with Crippen LogP contribution < -0.4 is 9.41 Å². The number of ether oxygens (including phenoxy) is 1. The molecule has 1 fully saturated rings. The van der Waals surface area contributed by atoms with Gasteiger partial charge in [0.05, 0.1) is 12.9 Å². The molecular formula is C25H53N5O5Si5. The number of nitrogens with one attached hydrogen (secondary N) is 1. The Bertz CT molecular complexity index is 1160. The Labute approximate surface area is 246 Å². The number of rotatable bonds is 12.